The van der Waals surface area contributed by atoms with Gasteiger partial charge in [0.1, 0.15) is 0 Å². The van der Waals surface area contributed by atoms with E-state index in [1.807, 2.05) is 13.0 Å². The monoisotopic (exact) mass is 392 g/mol. The van der Waals surface area contributed by atoms with Crippen LogP contribution in [0.5, 0.6) is 0 Å². The van der Waals surface area contributed by atoms with E-state index in [1.165, 1.54) is 12.1 Å². The number of rotatable bonds is 7. The molecule has 0 fully saturated rings. The molecule has 2 rings (SSSR count). The maximum absolute atomic E-state index is 12.6. The number of benzene rings is 2. The number of aliphatic imine (C=N–C) groups is 1. The predicted octanol–water partition coefficient (Wildman–Crippen LogP) is 3.10. The molecule has 1 amide bonds. The molecule has 0 atom stereocenters. The van der Waals surface area contributed by atoms with Crippen molar-refractivity contribution in [3.8, 4) is 0 Å². The molecule has 0 bridgehead atoms. The molecule has 0 aliphatic carbocycles. The van der Waals surface area contributed by atoms with Gasteiger partial charge in [0.25, 0.3) is 0 Å². The molecule has 2 aromatic carbocycles. The number of hydrogen-bond donors (Lipinski definition) is 3. The maximum atomic E-state index is 12.6. The van der Waals surface area contributed by atoms with Gasteiger partial charge in [-0.2, -0.15) is 13.2 Å². The summed E-state index contributed by atoms with van der Waals surface area (Å²) < 4.78 is 37.8. The summed E-state index contributed by atoms with van der Waals surface area (Å²) in [6, 6.07) is 12.0. The Kier molecular flexibility index (Phi) is 7.43. The lowest BCUT2D eigenvalue weighted by atomic mass is 10.1. The van der Waals surface area contributed by atoms with Gasteiger partial charge >= 0.3 is 6.18 Å². The zero-order valence-corrected chi connectivity index (χ0v) is 15.5. The Morgan fingerprint density at radius 1 is 1.07 bits per heavy atom. The van der Waals surface area contributed by atoms with Gasteiger partial charge in [0, 0.05) is 18.7 Å². The van der Waals surface area contributed by atoms with Gasteiger partial charge < -0.3 is 16.4 Å². The molecule has 0 unspecified atom stereocenters. The van der Waals surface area contributed by atoms with E-state index in [9.17, 15) is 18.0 Å². The molecule has 8 heteroatoms. The molecule has 0 aromatic heterocycles. The molecule has 0 radical (unpaired) electrons. The van der Waals surface area contributed by atoms with Crippen LogP contribution in [-0.2, 0) is 19.1 Å². The fourth-order valence-corrected chi connectivity index (χ4v) is 2.52. The van der Waals surface area contributed by atoms with Crippen LogP contribution in [0.25, 0.3) is 0 Å². The van der Waals surface area contributed by atoms with Crippen molar-refractivity contribution in [1.29, 1.82) is 0 Å². The molecule has 0 saturated heterocycles. The van der Waals surface area contributed by atoms with Gasteiger partial charge in [-0.1, -0.05) is 24.3 Å². The molecular weight excluding hydrogens is 369 g/mol. The lowest BCUT2D eigenvalue weighted by Crippen LogP contribution is -2.38. The van der Waals surface area contributed by atoms with Crippen LogP contribution in [-0.4, -0.2) is 25.0 Å². The molecule has 5 nitrogen and oxygen atoms in total. The molecule has 0 aliphatic heterocycles. The Labute approximate surface area is 161 Å². The van der Waals surface area contributed by atoms with Gasteiger partial charge in [-0.15, -0.1) is 0 Å². The normalized spacial score (nSPS) is 11.9. The summed E-state index contributed by atoms with van der Waals surface area (Å²) in [6.07, 6.45) is -3.77. The first-order valence-electron chi connectivity index (χ1n) is 8.86. The third kappa shape index (κ3) is 6.61. The highest BCUT2D eigenvalue weighted by Crippen LogP contribution is 2.29. The van der Waals surface area contributed by atoms with Crippen molar-refractivity contribution in [3.63, 3.8) is 0 Å². The van der Waals surface area contributed by atoms with E-state index in [0.717, 1.165) is 23.3 Å². The van der Waals surface area contributed by atoms with Crippen molar-refractivity contribution in [2.75, 3.05) is 13.1 Å². The van der Waals surface area contributed by atoms with E-state index in [1.54, 1.807) is 18.2 Å². The van der Waals surface area contributed by atoms with E-state index in [4.69, 9.17) is 5.73 Å². The zero-order chi connectivity index (χ0) is 20.6. The van der Waals surface area contributed by atoms with Crippen LogP contribution in [0, 0.1) is 0 Å². The minimum atomic E-state index is -4.33. The van der Waals surface area contributed by atoms with Crippen molar-refractivity contribution in [2.45, 2.75) is 26.1 Å². The Morgan fingerprint density at radius 2 is 1.79 bits per heavy atom. The van der Waals surface area contributed by atoms with Crippen LogP contribution in [0.1, 0.15) is 34.0 Å². The van der Waals surface area contributed by atoms with Crippen molar-refractivity contribution in [2.24, 2.45) is 10.7 Å². The van der Waals surface area contributed by atoms with E-state index < -0.39 is 17.6 Å². The Hall–Kier alpha value is -3.03. The van der Waals surface area contributed by atoms with Crippen LogP contribution in [0.15, 0.2) is 53.5 Å². The van der Waals surface area contributed by atoms with Gasteiger partial charge in [-0.05, 0) is 48.7 Å². The number of nitrogens with one attached hydrogen (secondary N) is 2. The maximum Gasteiger partial charge on any atom is 0.416 e. The molecular formula is C20H23F3N4O. The Balaban J connectivity index is 1.92. The number of guanidine groups is 1. The van der Waals surface area contributed by atoms with Crippen molar-refractivity contribution in [3.05, 3.63) is 70.8 Å². The molecule has 0 heterocycles. The minimum Gasteiger partial charge on any atom is -0.366 e. The third-order valence-electron chi connectivity index (χ3n) is 3.96. The minimum absolute atomic E-state index is 0.358. The first kappa shape index (κ1) is 21.3. The van der Waals surface area contributed by atoms with Crippen LogP contribution in [0.2, 0.25) is 0 Å². The second-order valence-electron chi connectivity index (χ2n) is 6.13. The number of primary amides is 1. The summed E-state index contributed by atoms with van der Waals surface area (Å²) in [4.78, 5) is 15.7. The molecule has 2 aromatic rings. The highest BCUT2D eigenvalue weighted by atomic mass is 19.4. The number of alkyl halides is 3. The summed E-state index contributed by atoms with van der Waals surface area (Å²) in [5.41, 5.74) is 6.69. The number of carbonyl (C=O) groups is 1. The van der Waals surface area contributed by atoms with Crippen LogP contribution in [0.4, 0.5) is 13.2 Å². The van der Waals surface area contributed by atoms with Crippen molar-refractivity contribution < 1.29 is 18.0 Å². The lowest BCUT2D eigenvalue weighted by Gasteiger charge is -2.12. The summed E-state index contributed by atoms with van der Waals surface area (Å²) in [7, 11) is 0. The number of carbonyl (C=O) groups excluding carboxylic acids is 1. The lowest BCUT2D eigenvalue weighted by molar-refractivity contribution is -0.137. The van der Waals surface area contributed by atoms with Crippen LogP contribution >= 0.6 is 0 Å². The highest BCUT2D eigenvalue weighted by molar-refractivity contribution is 5.92. The summed E-state index contributed by atoms with van der Waals surface area (Å²) in [5.74, 6) is 0.0892. The molecule has 150 valence electrons. The zero-order valence-electron chi connectivity index (χ0n) is 15.5. The third-order valence-corrected chi connectivity index (χ3v) is 3.96. The van der Waals surface area contributed by atoms with Gasteiger partial charge in [0.2, 0.25) is 5.91 Å². The number of hydrogen-bond acceptors (Lipinski definition) is 2. The Bertz CT molecular complexity index is 817. The van der Waals surface area contributed by atoms with E-state index in [2.05, 4.69) is 15.6 Å². The summed E-state index contributed by atoms with van der Waals surface area (Å²) in [5, 5.41) is 6.25. The summed E-state index contributed by atoms with van der Waals surface area (Å²) >= 11 is 0. The fourth-order valence-electron chi connectivity index (χ4n) is 2.52. The predicted molar refractivity (Wildman–Crippen MR) is 103 cm³/mol. The quantitative estimate of drug-likeness (QED) is 0.500. The number of amides is 1. The molecule has 4 N–H and O–H groups in total. The number of halogens is 3. The molecule has 0 spiro atoms. The average Bonchev–Trinajstić information content (AvgIpc) is 2.66. The molecule has 0 saturated carbocycles. The SMILES string of the molecule is CCNC(=NCc1cccc(C(N)=O)c1)NCCc1ccc(C(F)(F)F)cc1. The van der Waals surface area contributed by atoms with Crippen LogP contribution < -0.4 is 16.4 Å². The first-order valence-corrected chi connectivity index (χ1v) is 8.86. The van der Waals surface area contributed by atoms with E-state index in [0.29, 0.717) is 37.6 Å². The average molecular weight is 392 g/mol. The van der Waals surface area contributed by atoms with E-state index in [-0.39, 0.29) is 0 Å². The second-order valence-corrected chi connectivity index (χ2v) is 6.13. The van der Waals surface area contributed by atoms with Crippen LogP contribution in [0.3, 0.4) is 0 Å². The highest BCUT2D eigenvalue weighted by Gasteiger charge is 2.29. The Morgan fingerprint density at radius 3 is 2.39 bits per heavy atom. The van der Waals surface area contributed by atoms with Gasteiger partial charge in [0.05, 0.1) is 12.1 Å². The standard InChI is InChI=1S/C20H23F3N4O/c1-2-25-19(27-13-15-4-3-5-16(12-15)18(24)28)26-11-10-14-6-8-17(9-7-14)20(21,22)23/h3-9,12H,2,10-11,13H2,1H3,(H2,24,28)(H2,25,26,27). The van der Waals surface area contributed by atoms with E-state index >= 15 is 0 Å². The van der Waals surface area contributed by atoms with Crippen molar-refractivity contribution >= 4 is 11.9 Å². The first-order chi connectivity index (χ1) is 13.3. The molecule has 0 aliphatic rings. The largest absolute Gasteiger partial charge is 0.416 e. The second kappa shape index (κ2) is 9.77. The fraction of sp³-hybridized carbons (Fsp3) is 0.300. The van der Waals surface area contributed by atoms with Crippen molar-refractivity contribution in [1.82, 2.24) is 10.6 Å². The number of nitrogens with two attached hydrogens (primary N) is 1. The topological polar surface area (TPSA) is 79.5 Å². The number of nitrogens with zero attached hydrogens (tertiary/aromatic N) is 1. The smallest absolute Gasteiger partial charge is 0.366 e. The molecule has 28 heavy (non-hydrogen) atoms. The van der Waals surface area contributed by atoms with Gasteiger partial charge in [0.15, 0.2) is 5.96 Å². The van der Waals surface area contributed by atoms with Gasteiger partial charge in [-0.25, -0.2) is 4.99 Å². The summed E-state index contributed by atoms with van der Waals surface area (Å²) in [6.45, 7) is 3.46. The van der Waals surface area contributed by atoms with Gasteiger partial charge in [-0.3, -0.25) is 4.79 Å².